The van der Waals surface area contributed by atoms with Gasteiger partial charge in [-0.05, 0) is 58.7 Å². The number of nitrogens with two attached hydrogens (primary N) is 1. The maximum absolute atomic E-state index is 6.17. The summed E-state index contributed by atoms with van der Waals surface area (Å²) in [6.07, 6.45) is 6.74. The van der Waals surface area contributed by atoms with Crippen molar-refractivity contribution in [3.8, 4) is 0 Å². The first-order valence-electron chi connectivity index (χ1n) is 7.76. The van der Waals surface area contributed by atoms with Gasteiger partial charge in [0.25, 0.3) is 0 Å². The topological polar surface area (TPSA) is 32.5 Å². The lowest BCUT2D eigenvalue weighted by Gasteiger charge is -2.40. The lowest BCUT2D eigenvalue weighted by molar-refractivity contribution is 0.104. The molecular weight excluding hydrogens is 222 g/mol. The van der Waals surface area contributed by atoms with Crippen LogP contribution >= 0.6 is 0 Å². The summed E-state index contributed by atoms with van der Waals surface area (Å²) in [5, 5.41) is 0. The highest BCUT2D eigenvalue weighted by atomic mass is 15.3. The lowest BCUT2D eigenvalue weighted by Crippen LogP contribution is -2.55. The van der Waals surface area contributed by atoms with Gasteiger partial charge in [0.2, 0.25) is 0 Å². The Balaban J connectivity index is 2.04. The van der Waals surface area contributed by atoms with E-state index in [0.717, 1.165) is 19.0 Å². The highest BCUT2D eigenvalue weighted by Crippen LogP contribution is 2.33. The second kappa shape index (κ2) is 5.89. The zero-order valence-corrected chi connectivity index (χ0v) is 12.5. The quantitative estimate of drug-likeness (QED) is 0.834. The van der Waals surface area contributed by atoms with Gasteiger partial charge >= 0.3 is 0 Å². The van der Waals surface area contributed by atoms with Crippen LogP contribution in [-0.2, 0) is 0 Å². The minimum Gasteiger partial charge on any atom is -0.329 e. The molecule has 2 N–H and O–H groups in total. The fraction of sp³-hybridized carbons (Fsp3) is 1.00. The van der Waals surface area contributed by atoms with Gasteiger partial charge in [0, 0.05) is 24.7 Å². The molecule has 2 saturated heterocycles. The fourth-order valence-corrected chi connectivity index (χ4v) is 3.94. The van der Waals surface area contributed by atoms with Crippen molar-refractivity contribution in [2.45, 2.75) is 57.5 Å². The highest BCUT2D eigenvalue weighted by molar-refractivity contribution is 5.02. The third kappa shape index (κ3) is 2.73. The molecule has 2 fully saturated rings. The van der Waals surface area contributed by atoms with Gasteiger partial charge < -0.3 is 10.6 Å². The highest BCUT2D eigenvalue weighted by Gasteiger charge is 2.44. The van der Waals surface area contributed by atoms with Crippen molar-refractivity contribution in [2.75, 3.05) is 33.2 Å². The van der Waals surface area contributed by atoms with Crippen LogP contribution in [0.3, 0.4) is 0 Å². The van der Waals surface area contributed by atoms with Crippen LogP contribution in [-0.4, -0.2) is 54.6 Å². The minimum atomic E-state index is 0.261. The molecule has 3 nitrogen and oxygen atoms in total. The summed E-state index contributed by atoms with van der Waals surface area (Å²) in [6.45, 7) is 9.17. The first kappa shape index (κ1) is 14.3. The van der Waals surface area contributed by atoms with Gasteiger partial charge in [-0.3, -0.25) is 4.90 Å². The van der Waals surface area contributed by atoms with E-state index >= 15 is 0 Å². The van der Waals surface area contributed by atoms with Crippen molar-refractivity contribution in [3.63, 3.8) is 0 Å². The third-order valence-electron chi connectivity index (χ3n) is 5.45. The molecule has 2 aliphatic rings. The zero-order chi connectivity index (χ0) is 13.2. The molecule has 2 rings (SSSR count). The Kier molecular flexibility index (Phi) is 4.68. The van der Waals surface area contributed by atoms with Crippen LogP contribution in [0.25, 0.3) is 0 Å². The van der Waals surface area contributed by atoms with E-state index in [-0.39, 0.29) is 5.54 Å². The van der Waals surface area contributed by atoms with Crippen molar-refractivity contribution >= 4 is 0 Å². The van der Waals surface area contributed by atoms with E-state index in [0.29, 0.717) is 6.04 Å². The number of hydrogen-bond acceptors (Lipinski definition) is 3. The van der Waals surface area contributed by atoms with Crippen LogP contribution in [0.2, 0.25) is 0 Å². The second-order valence-corrected chi connectivity index (χ2v) is 6.59. The predicted octanol–water partition coefficient (Wildman–Crippen LogP) is 1.92. The number of rotatable bonds is 3. The molecule has 2 aliphatic heterocycles. The Morgan fingerprint density at radius 3 is 2.61 bits per heavy atom. The number of likely N-dealkylation sites (tertiary alicyclic amines) is 2. The monoisotopic (exact) mass is 253 g/mol. The maximum Gasteiger partial charge on any atom is 0.0473 e. The van der Waals surface area contributed by atoms with Crippen LogP contribution in [0.15, 0.2) is 0 Å². The van der Waals surface area contributed by atoms with Crippen molar-refractivity contribution in [3.05, 3.63) is 0 Å². The molecule has 0 spiro atoms. The molecule has 0 saturated carbocycles. The third-order valence-corrected chi connectivity index (χ3v) is 5.45. The minimum absolute atomic E-state index is 0.261. The van der Waals surface area contributed by atoms with Crippen molar-refractivity contribution < 1.29 is 0 Å². The number of nitrogens with zero attached hydrogens (tertiary/aromatic N) is 2. The SMILES string of the molecule is CCC1CCCN(C2(CN)CC(C)N(C)C2)CC1. The summed E-state index contributed by atoms with van der Waals surface area (Å²) in [7, 11) is 2.24. The van der Waals surface area contributed by atoms with Crippen molar-refractivity contribution in [1.29, 1.82) is 0 Å². The Morgan fingerprint density at radius 2 is 2.06 bits per heavy atom. The summed E-state index contributed by atoms with van der Waals surface area (Å²) in [4.78, 5) is 5.21. The van der Waals surface area contributed by atoms with Crippen LogP contribution < -0.4 is 5.73 Å². The molecule has 0 bridgehead atoms. The Bertz CT molecular complexity index is 256. The Hall–Kier alpha value is -0.120. The van der Waals surface area contributed by atoms with E-state index < -0.39 is 0 Å². The van der Waals surface area contributed by atoms with E-state index in [1.807, 2.05) is 0 Å². The maximum atomic E-state index is 6.17. The first-order valence-corrected chi connectivity index (χ1v) is 7.76. The molecule has 18 heavy (non-hydrogen) atoms. The first-order chi connectivity index (χ1) is 8.61. The molecule has 0 amide bonds. The largest absolute Gasteiger partial charge is 0.329 e. The van der Waals surface area contributed by atoms with Gasteiger partial charge in [-0.2, -0.15) is 0 Å². The van der Waals surface area contributed by atoms with Gasteiger partial charge in [0.15, 0.2) is 0 Å². The van der Waals surface area contributed by atoms with E-state index in [1.54, 1.807) is 0 Å². The normalized spacial score (nSPS) is 40.0. The van der Waals surface area contributed by atoms with Gasteiger partial charge in [-0.25, -0.2) is 0 Å². The zero-order valence-electron chi connectivity index (χ0n) is 12.5. The van der Waals surface area contributed by atoms with E-state index in [1.165, 1.54) is 45.2 Å². The fourth-order valence-electron chi connectivity index (χ4n) is 3.94. The molecular formula is C15H31N3. The molecule has 0 aliphatic carbocycles. The number of likely N-dealkylation sites (N-methyl/N-ethyl adjacent to an activating group) is 1. The van der Waals surface area contributed by atoms with Gasteiger partial charge in [0.1, 0.15) is 0 Å². The smallest absolute Gasteiger partial charge is 0.0473 e. The lowest BCUT2D eigenvalue weighted by atomic mass is 9.93. The molecule has 0 aromatic carbocycles. The molecule has 3 atom stereocenters. The van der Waals surface area contributed by atoms with Crippen LogP contribution in [0.4, 0.5) is 0 Å². The van der Waals surface area contributed by atoms with Gasteiger partial charge in [-0.1, -0.05) is 13.3 Å². The van der Waals surface area contributed by atoms with Crippen molar-refractivity contribution in [1.82, 2.24) is 9.80 Å². The molecule has 3 heteroatoms. The van der Waals surface area contributed by atoms with Gasteiger partial charge in [-0.15, -0.1) is 0 Å². The standard InChI is InChI=1S/C15H31N3/c1-4-14-6-5-8-18(9-7-14)15(11-16)10-13(2)17(3)12-15/h13-14H,4-12,16H2,1-3H3. The molecule has 3 unspecified atom stereocenters. The van der Waals surface area contributed by atoms with E-state index in [4.69, 9.17) is 5.73 Å². The molecule has 106 valence electrons. The number of hydrogen-bond donors (Lipinski definition) is 1. The molecule has 0 radical (unpaired) electrons. The van der Waals surface area contributed by atoms with Crippen molar-refractivity contribution in [2.24, 2.45) is 11.7 Å². The Morgan fingerprint density at radius 1 is 1.28 bits per heavy atom. The average Bonchev–Trinajstić information content (AvgIpc) is 2.58. The second-order valence-electron chi connectivity index (χ2n) is 6.59. The van der Waals surface area contributed by atoms with E-state index in [9.17, 15) is 0 Å². The average molecular weight is 253 g/mol. The van der Waals surface area contributed by atoms with Crippen LogP contribution in [0, 0.1) is 5.92 Å². The summed E-state index contributed by atoms with van der Waals surface area (Å²) < 4.78 is 0. The van der Waals surface area contributed by atoms with Crippen LogP contribution in [0.5, 0.6) is 0 Å². The predicted molar refractivity (Wildman–Crippen MR) is 77.7 cm³/mol. The van der Waals surface area contributed by atoms with Crippen LogP contribution in [0.1, 0.15) is 46.0 Å². The molecule has 2 heterocycles. The van der Waals surface area contributed by atoms with Gasteiger partial charge in [0.05, 0.1) is 0 Å². The summed E-state index contributed by atoms with van der Waals surface area (Å²) in [5.74, 6) is 0.946. The van der Waals surface area contributed by atoms with E-state index in [2.05, 4.69) is 30.7 Å². The summed E-state index contributed by atoms with van der Waals surface area (Å²) in [6, 6.07) is 0.679. The Labute approximate surface area is 113 Å². The summed E-state index contributed by atoms with van der Waals surface area (Å²) in [5.41, 5.74) is 6.43. The molecule has 0 aromatic heterocycles. The molecule has 0 aromatic rings. The summed E-state index contributed by atoms with van der Waals surface area (Å²) >= 11 is 0.